The summed E-state index contributed by atoms with van der Waals surface area (Å²) in [6, 6.07) is 56.1. The molecule has 0 unspecified atom stereocenters. The first-order chi connectivity index (χ1) is 21.8. The van der Waals surface area contributed by atoms with E-state index in [-0.39, 0.29) is 12.4 Å². The molecule has 7 aromatic carbocycles. The Hall–Kier alpha value is -5.56. The number of rotatable bonds is 6. The summed E-state index contributed by atoms with van der Waals surface area (Å²) in [7, 11) is -2.71. The lowest BCUT2D eigenvalue weighted by Gasteiger charge is -2.28. The van der Waals surface area contributed by atoms with Gasteiger partial charge in [0.1, 0.15) is 18.1 Å². The monoisotopic (exact) mass is 582 g/mol. The van der Waals surface area contributed by atoms with Crippen LogP contribution in [0.15, 0.2) is 164 Å². The largest absolute Gasteiger partial charge is 0.507 e. The molecule has 0 saturated heterocycles. The molecule has 0 amide bonds. The van der Waals surface area contributed by atoms with E-state index in [0.29, 0.717) is 5.75 Å². The second-order valence-electron chi connectivity index (χ2n) is 10.8. The fraction of sp³-hybridized carbons (Fsp3) is 0.0244. The van der Waals surface area contributed by atoms with Crippen molar-refractivity contribution in [3.05, 3.63) is 164 Å². The minimum atomic E-state index is -2.71. The number of fused-ring (bicyclic) bond motifs is 2. The van der Waals surface area contributed by atoms with Gasteiger partial charge >= 0.3 is 0 Å². The van der Waals surface area contributed by atoms with Crippen molar-refractivity contribution in [1.82, 2.24) is 0 Å². The molecule has 0 saturated carbocycles. The molecule has 0 aromatic heterocycles. The Morgan fingerprint density at radius 3 is 1.48 bits per heavy atom. The predicted octanol–water partition coefficient (Wildman–Crippen LogP) is 7.46. The zero-order valence-corrected chi connectivity index (χ0v) is 25.2. The Bertz CT molecular complexity index is 2030. The van der Waals surface area contributed by atoms with E-state index >= 15 is 0 Å². The molecule has 0 aliphatic rings. The summed E-state index contributed by atoms with van der Waals surface area (Å²) >= 11 is 0. The van der Waals surface area contributed by atoms with Gasteiger partial charge < -0.3 is 9.84 Å². The molecule has 0 heterocycles. The number of hydrogen-bond donors (Lipinski definition) is 1. The van der Waals surface area contributed by atoms with Crippen LogP contribution in [-0.4, -0.2) is 19.8 Å². The average Bonchev–Trinajstić information content (AvgIpc) is 3.10. The van der Waals surface area contributed by atoms with Crippen LogP contribution in [0, 0.1) is 11.5 Å². The minimum absolute atomic E-state index is 0.206. The molecular formula is C41H30O2Si. The highest BCUT2D eigenvalue weighted by atomic mass is 28.3. The third-order valence-electron chi connectivity index (χ3n) is 8.24. The molecule has 0 fully saturated rings. The molecule has 0 bridgehead atoms. The van der Waals surface area contributed by atoms with E-state index in [4.69, 9.17) is 4.74 Å². The number of phenols is 1. The van der Waals surface area contributed by atoms with Gasteiger partial charge in [0.05, 0.1) is 0 Å². The Morgan fingerprint density at radius 1 is 0.477 bits per heavy atom. The van der Waals surface area contributed by atoms with Crippen molar-refractivity contribution >= 4 is 45.2 Å². The summed E-state index contributed by atoms with van der Waals surface area (Å²) < 4.78 is 6.54. The van der Waals surface area contributed by atoms with Crippen molar-refractivity contribution in [2.24, 2.45) is 0 Å². The number of hydrogen-bond acceptors (Lipinski definition) is 2. The van der Waals surface area contributed by atoms with Gasteiger partial charge in [-0.25, -0.2) is 0 Å². The van der Waals surface area contributed by atoms with Gasteiger partial charge in [-0.15, -0.1) is 5.54 Å². The maximum absolute atomic E-state index is 11.2. The third kappa shape index (κ3) is 4.92. The number of phenolic OH excluding ortho intramolecular Hbond substituents is 1. The molecule has 210 valence electrons. The van der Waals surface area contributed by atoms with Crippen LogP contribution in [0.25, 0.3) is 32.7 Å². The molecule has 1 N–H and O–H groups in total. The van der Waals surface area contributed by atoms with E-state index < -0.39 is 8.07 Å². The molecule has 44 heavy (non-hydrogen) atoms. The molecule has 2 nitrogen and oxygen atoms in total. The standard InChI is InChI=1S/C41H30O2Si/c42-38-27-25-31-15-10-12-23-36(31)40(38)41-37-24-13-11-16-32(37)26-28-39(41)43-29-14-30-44(33-17-4-1-5-18-33,34-19-6-2-7-20-34)35-21-8-3-9-22-35/h1-13,15-28,42H,29H2. The van der Waals surface area contributed by atoms with Gasteiger partial charge in [-0.3, -0.25) is 0 Å². The zero-order chi connectivity index (χ0) is 29.8. The lowest BCUT2D eigenvalue weighted by Crippen LogP contribution is -2.66. The first kappa shape index (κ1) is 27.3. The second-order valence-corrected chi connectivity index (χ2v) is 14.3. The van der Waals surface area contributed by atoms with Crippen LogP contribution in [0.1, 0.15) is 0 Å². The van der Waals surface area contributed by atoms with Gasteiger partial charge in [0.15, 0.2) is 0 Å². The normalized spacial score (nSPS) is 11.2. The highest BCUT2D eigenvalue weighted by Crippen LogP contribution is 2.44. The smallest absolute Gasteiger partial charge is 0.229 e. The van der Waals surface area contributed by atoms with E-state index in [1.807, 2.05) is 36.4 Å². The van der Waals surface area contributed by atoms with Gasteiger partial charge in [-0.05, 0) is 49.2 Å². The topological polar surface area (TPSA) is 29.5 Å². The summed E-state index contributed by atoms with van der Waals surface area (Å²) in [6.45, 7) is 0.206. The molecule has 7 rings (SSSR count). The number of aromatic hydroxyl groups is 1. The minimum Gasteiger partial charge on any atom is -0.507 e. The van der Waals surface area contributed by atoms with E-state index in [1.54, 1.807) is 6.07 Å². The van der Waals surface area contributed by atoms with E-state index in [0.717, 1.165) is 32.7 Å². The van der Waals surface area contributed by atoms with Gasteiger partial charge in [-0.1, -0.05) is 158 Å². The van der Waals surface area contributed by atoms with Crippen LogP contribution in [0.3, 0.4) is 0 Å². The Balaban J connectivity index is 1.36. The van der Waals surface area contributed by atoms with Crippen LogP contribution in [-0.2, 0) is 0 Å². The molecule has 0 aliphatic carbocycles. The predicted molar refractivity (Wildman–Crippen MR) is 186 cm³/mol. The lowest BCUT2D eigenvalue weighted by atomic mass is 9.92. The summed E-state index contributed by atoms with van der Waals surface area (Å²) in [5, 5.41) is 19.1. The van der Waals surface area contributed by atoms with Crippen LogP contribution in [0.2, 0.25) is 0 Å². The van der Waals surface area contributed by atoms with Gasteiger partial charge in [0.2, 0.25) is 8.07 Å². The number of ether oxygens (including phenoxy) is 1. The molecular weight excluding hydrogens is 553 g/mol. The van der Waals surface area contributed by atoms with Crippen molar-refractivity contribution < 1.29 is 9.84 Å². The van der Waals surface area contributed by atoms with E-state index in [1.165, 1.54) is 15.6 Å². The lowest BCUT2D eigenvalue weighted by molar-refractivity contribution is 0.372. The quantitative estimate of drug-likeness (QED) is 0.125. The summed E-state index contributed by atoms with van der Waals surface area (Å²) in [6.07, 6.45) is 0. The Morgan fingerprint density at radius 2 is 0.932 bits per heavy atom. The second kappa shape index (κ2) is 12.0. The first-order valence-electron chi connectivity index (χ1n) is 14.8. The highest BCUT2D eigenvalue weighted by Gasteiger charge is 2.38. The van der Waals surface area contributed by atoms with Crippen LogP contribution in [0.5, 0.6) is 11.5 Å². The van der Waals surface area contributed by atoms with Crippen LogP contribution < -0.4 is 20.3 Å². The van der Waals surface area contributed by atoms with Crippen molar-refractivity contribution in [2.45, 2.75) is 0 Å². The Labute approximate surface area is 258 Å². The summed E-state index contributed by atoms with van der Waals surface area (Å²) in [5.74, 6) is 4.39. The Kier molecular flexibility index (Phi) is 7.42. The van der Waals surface area contributed by atoms with Gasteiger partial charge in [0, 0.05) is 11.1 Å². The van der Waals surface area contributed by atoms with Crippen molar-refractivity contribution in [2.75, 3.05) is 6.61 Å². The maximum Gasteiger partial charge on any atom is 0.229 e. The molecule has 0 spiro atoms. The molecule has 0 radical (unpaired) electrons. The van der Waals surface area contributed by atoms with E-state index in [2.05, 4.69) is 133 Å². The van der Waals surface area contributed by atoms with Crippen molar-refractivity contribution in [3.63, 3.8) is 0 Å². The molecule has 0 atom stereocenters. The number of benzene rings is 7. The fourth-order valence-corrected chi connectivity index (χ4v) is 10.1. The molecule has 3 heteroatoms. The highest BCUT2D eigenvalue weighted by molar-refractivity contribution is 7.16. The average molecular weight is 583 g/mol. The molecule has 7 aromatic rings. The SMILES string of the molecule is Oc1ccc2ccccc2c1-c1c(OCC#C[Si](c2ccccc2)(c2ccccc2)c2ccccc2)ccc2ccccc12. The van der Waals surface area contributed by atoms with Gasteiger partial charge in [-0.2, -0.15) is 0 Å². The first-order valence-corrected chi connectivity index (χ1v) is 16.8. The molecule has 0 aliphatic heterocycles. The van der Waals surface area contributed by atoms with Crippen LogP contribution >= 0.6 is 0 Å². The fourth-order valence-electron chi connectivity index (χ4n) is 6.22. The maximum atomic E-state index is 11.2. The summed E-state index contributed by atoms with van der Waals surface area (Å²) in [5.41, 5.74) is 5.44. The van der Waals surface area contributed by atoms with Crippen molar-refractivity contribution in [1.29, 1.82) is 0 Å². The zero-order valence-electron chi connectivity index (χ0n) is 24.2. The third-order valence-corrected chi connectivity index (χ3v) is 12.4. The van der Waals surface area contributed by atoms with Gasteiger partial charge in [0.25, 0.3) is 0 Å². The van der Waals surface area contributed by atoms with Crippen LogP contribution in [0.4, 0.5) is 0 Å². The van der Waals surface area contributed by atoms with E-state index in [9.17, 15) is 5.11 Å². The summed E-state index contributed by atoms with van der Waals surface area (Å²) in [4.78, 5) is 0. The van der Waals surface area contributed by atoms with Crippen molar-refractivity contribution in [3.8, 4) is 34.1 Å².